The molecule has 0 amide bonds. The Kier molecular flexibility index (Phi) is 537. The fourth-order valence-corrected chi connectivity index (χ4v) is 2.67. The summed E-state index contributed by atoms with van der Waals surface area (Å²) in [6, 6.07) is 0. The standard InChI is InChI=1S/C18H38.18CH4.H4P2/c1-6-8-11-17(4)14-10-15-18(5)13-9-12-16(3)7-2;;;;;;;;;;;;;;;;;;;1-2/h16-18H,6-15H2,1-5H3;18*1H4;1-2H2. The van der Waals surface area contributed by atoms with Crippen molar-refractivity contribution in [2.24, 2.45) is 17.8 Å². The minimum absolute atomic E-state index is 0. The van der Waals surface area contributed by atoms with Crippen LogP contribution >= 0.6 is 17.9 Å². The normalized spacial score (nSPS) is 7.97. The third-order valence-electron chi connectivity index (χ3n) is 4.54. The van der Waals surface area contributed by atoms with E-state index in [1.165, 1.54) is 64.2 Å². The average Bonchev–Trinajstić information content (AvgIpc) is 2.47. The van der Waals surface area contributed by atoms with E-state index in [-0.39, 0.29) is 134 Å². The molecule has 0 N–H and O–H groups in total. The van der Waals surface area contributed by atoms with Crippen LogP contribution in [0.15, 0.2) is 0 Å². The Morgan fingerprint density at radius 1 is 0.342 bits per heavy atom. The van der Waals surface area contributed by atoms with Gasteiger partial charge in [0.2, 0.25) is 0 Å². The first-order chi connectivity index (χ1) is 9.60. The molecule has 0 aromatic rings. The third kappa shape index (κ3) is 133. The minimum Gasteiger partial charge on any atom is -0.118 e. The Labute approximate surface area is 267 Å². The fraction of sp³-hybridized carbons (Fsp3) is 1.00. The molecule has 0 heterocycles. The molecule has 2 heteroatoms. The van der Waals surface area contributed by atoms with Crippen molar-refractivity contribution in [2.45, 2.75) is 233 Å². The summed E-state index contributed by atoms with van der Waals surface area (Å²) in [6.07, 6.45) is 14.3. The largest absolute Gasteiger partial charge is 0.118 e. The van der Waals surface area contributed by atoms with Gasteiger partial charge in [-0.25, -0.2) is 0 Å². The van der Waals surface area contributed by atoms with Crippen LogP contribution in [0, 0.1) is 17.8 Å². The maximum absolute atomic E-state index is 2.45. The van der Waals surface area contributed by atoms with E-state index < -0.39 is 0 Å². The molecular formula is C36H114P2. The Morgan fingerprint density at radius 3 is 0.711 bits per heavy atom. The fourth-order valence-electron chi connectivity index (χ4n) is 2.67. The predicted molar refractivity (Wildman–Crippen MR) is 226 cm³/mol. The Hall–Kier alpha value is 0.860. The number of unbranched alkanes of at least 4 members (excludes halogenated alkanes) is 1. The maximum Gasteiger partial charge on any atom is -0.0443 e. The van der Waals surface area contributed by atoms with Crippen LogP contribution in [0.1, 0.15) is 233 Å². The van der Waals surface area contributed by atoms with Crippen molar-refractivity contribution in [1.29, 1.82) is 0 Å². The highest BCUT2D eigenvalue weighted by Crippen LogP contribution is 2.21. The van der Waals surface area contributed by atoms with E-state index >= 15 is 0 Å². The van der Waals surface area contributed by atoms with Crippen LogP contribution < -0.4 is 0 Å². The molecule has 0 aliphatic rings. The topological polar surface area (TPSA) is 0 Å². The first-order valence-corrected chi connectivity index (χ1v) is 11.6. The highest BCUT2D eigenvalue weighted by molar-refractivity contribution is 7.92. The van der Waals surface area contributed by atoms with Crippen LogP contribution in [0.4, 0.5) is 0 Å². The van der Waals surface area contributed by atoms with Gasteiger partial charge in [0.1, 0.15) is 0 Å². The lowest BCUT2D eigenvalue weighted by Crippen LogP contribution is -2.00. The molecular weight excluding hydrogens is 494 g/mol. The molecule has 5 unspecified atom stereocenters. The molecule has 0 aliphatic carbocycles. The third-order valence-corrected chi connectivity index (χ3v) is 4.54. The van der Waals surface area contributed by atoms with Gasteiger partial charge in [0.25, 0.3) is 0 Å². The molecule has 0 radical (unpaired) electrons. The monoisotopic (exact) mass is 609 g/mol. The summed E-state index contributed by atoms with van der Waals surface area (Å²) in [6.45, 7) is 11.9. The molecule has 0 aromatic heterocycles. The second-order valence-electron chi connectivity index (χ2n) is 6.73. The van der Waals surface area contributed by atoms with Crippen molar-refractivity contribution >= 4 is 17.9 Å². The van der Waals surface area contributed by atoms with Gasteiger partial charge in [-0.15, -0.1) is 17.9 Å². The van der Waals surface area contributed by atoms with Gasteiger partial charge >= 0.3 is 0 Å². The minimum atomic E-state index is 0. The van der Waals surface area contributed by atoms with Crippen molar-refractivity contribution in [3.05, 3.63) is 0 Å². The molecule has 0 fully saturated rings. The average molecular weight is 609 g/mol. The molecule has 0 bridgehead atoms. The quantitative estimate of drug-likeness (QED) is 0.193. The summed E-state index contributed by atoms with van der Waals surface area (Å²) in [4.78, 5) is 0. The second kappa shape index (κ2) is 130. The van der Waals surface area contributed by atoms with Crippen LogP contribution in [-0.2, 0) is 0 Å². The smallest absolute Gasteiger partial charge is 0.0443 e. The van der Waals surface area contributed by atoms with Crippen molar-refractivity contribution in [1.82, 2.24) is 0 Å². The summed E-state index contributed by atoms with van der Waals surface area (Å²) in [5.41, 5.74) is 0. The first kappa shape index (κ1) is 157. The van der Waals surface area contributed by atoms with Gasteiger partial charge in [0.05, 0.1) is 0 Å². The highest BCUT2D eigenvalue weighted by Gasteiger charge is 2.06. The van der Waals surface area contributed by atoms with Gasteiger partial charge in [-0.3, -0.25) is 0 Å². The Balaban J connectivity index is -0.00000000878. The van der Waals surface area contributed by atoms with E-state index in [0.29, 0.717) is 0 Å². The summed E-state index contributed by atoms with van der Waals surface area (Å²) in [7, 11) is 4.67. The molecule has 268 valence electrons. The molecule has 0 saturated carbocycles. The van der Waals surface area contributed by atoms with E-state index in [2.05, 4.69) is 52.5 Å². The lowest BCUT2D eigenvalue weighted by atomic mass is 9.91. The van der Waals surface area contributed by atoms with Gasteiger partial charge in [-0.2, -0.15) is 0 Å². The van der Waals surface area contributed by atoms with Gasteiger partial charge in [-0.05, 0) is 17.8 Å². The van der Waals surface area contributed by atoms with Crippen LogP contribution in [0.2, 0.25) is 0 Å². The number of hydrogen-bond acceptors (Lipinski definition) is 0. The van der Waals surface area contributed by atoms with E-state index in [1.54, 1.807) is 0 Å². The molecule has 0 spiro atoms. The zero-order valence-electron chi connectivity index (χ0n) is 15.0. The van der Waals surface area contributed by atoms with E-state index in [9.17, 15) is 0 Å². The Morgan fingerprint density at radius 2 is 0.526 bits per heavy atom. The van der Waals surface area contributed by atoms with E-state index in [0.717, 1.165) is 17.8 Å². The molecule has 0 saturated heterocycles. The lowest BCUT2D eigenvalue weighted by Gasteiger charge is -2.15. The summed E-state index contributed by atoms with van der Waals surface area (Å²) < 4.78 is 0. The summed E-state index contributed by atoms with van der Waals surface area (Å²) in [5.74, 6) is 2.84. The van der Waals surface area contributed by atoms with Crippen LogP contribution in [0.5, 0.6) is 0 Å². The molecule has 38 heavy (non-hydrogen) atoms. The molecule has 0 nitrogen and oxygen atoms in total. The molecule has 0 rings (SSSR count). The van der Waals surface area contributed by atoms with Crippen LogP contribution in [-0.4, -0.2) is 0 Å². The van der Waals surface area contributed by atoms with Crippen molar-refractivity contribution in [3.63, 3.8) is 0 Å². The zero-order chi connectivity index (χ0) is 15.8. The molecule has 0 aromatic carbocycles. The van der Waals surface area contributed by atoms with Crippen LogP contribution in [0.3, 0.4) is 0 Å². The molecule has 0 aliphatic heterocycles. The number of rotatable bonds is 12. The summed E-state index contributed by atoms with van der Waals surface area (Å²) in [5, 5.41) is 0. The van der Waals surface area contributed by atoms with Gasteiger partial charge in [0, 0.05) is 0 Å². The summed E-state index contributed by atoms with van der Waals surface area (Å²) >= 11 is 0. The SMILES string of the molecule is C.C.C.C.C.C.C.C.C.C.C.C.C.C.C.C.C.C.CCCCC(C)CCCC(C)CCCC(C)CC.PP. The van der Waals surface area contributed by atoms with Gasteiger partial charge in [0.15, 0.2) is 0 Å². The number of hydrogen-bond donors (Lipinski definition) is 0. The van der Waals surface area contributed by atoms with E-state index in [4.69, 9.17) is 0 Å². The van der Waals surface area contributed by atoms with Crippen molar-refractivity contribution in [2.75, 3.05) is 0 Å². The Bertz CT molecular complexity index is 173. The second-order valence-corrected chi connectivity index (χ2v) is 6.73. The highest BCUT2D eigenvalue weighted by atomic mass is 32.0. The predicted octanol–water partition coefficient (Wildman–Crippen LogP) is 18.9. The van der Waals surface area contributed by atoms with Crippen molar-refractivity contribution in [3.8, 4) is 0 Å². The van der Waals surface area contributed by atoms with Gasteiger partial charge < -0.3 is 0 Å². The lowest BCUT2D eigenvalue weighted by molar-refractivity contribution is 0.382. The first-order valence-electron chi connectivity index (χ1n) is 8.93. The zero-order valence-corrected chi connectivity index (χ0v) is 17.3. The van der Waals surface area contributed by atoms with Crippen LogP contribution in [0.25, 0.3) is 0 Å². The molecule has 5 atom stereocenters. The van der Waals surface area contributed by atoms with Gasteiger partial charge in [-0.1, -0.05) is 233 Å². The van der Waals surface area contributed by atoms with Crippen molar-refractivity contribution < 1.29 is 0 Å². The maximum atomic E-state index is 2.45. The van der Waals surface area contributed by atoms with E-state index in [1.807, 2.05) is 0 Å².